The summed E-state index contributed by atoms with van der Waals surface area (Å²) in [5.74, 6) is 1.44. The molecule has 0 spiro atoms. The lowest BCUT2D eigenvalue weighted by Gasteiger charge is -2.37. The predicted octanol–water partition coefficient (Wildman–Crippen LogP) is 1.96. The van der Waals surface area contributed by atoms with E-state index in [0.29, 0.717) is 25.7 Å². The lowest BCUT2D eigenvalue weighted by molar-refractivity contribution is -0.134. The first-order valence-electron chi connectivity index (χ1n) is 11.2. The summed E-state index contributed by atoms with van der Waals surface area (Å²) < 4.78 is 0. The Morgan fingerprint density at radius 3 is 2.76 bits per heavy atom. The minimum atomic E-state index is 0.124. The number of likely N-dealkylation sites (tertiary alicyclic amines) is 2. The standard InChI is InChI=1S/C22H33N5O2/c1-3-19-6-4-5-9-26(19)15-21(29)27-11-8-20-18(14-27)12-23-22(24-20)17-7-10-25(13-17)16(2)28/h12,17,19H,3-11,13-15H2,1-2H3/t17-,19-/m0/s1. The van der Waals surface area contributed by atoms with Crippen molar-refractivity contribution in [3.05, 3.63) is 23.3 Å². The van der Waals surface area contributed by atoms with Gasteiger partial charge in [0.1, 0.15) is 5.82 Å². The van der Waals surface area contributed by atoms with Crippen molar-refractivity contribution in [2.45, 2.75) is 70.9 Å². The molecule has 2 amide bonds. The molecule has 3 aliphatic rings. The molecule has 3 aliphatic heterocycles. The molecule has 1 aromatic heterocycles. The zero-order valence-corrected chi connectivity index (χ0v) is 17.8. The molecule has 0 unspecified atom stereocenters. The Bertz CT molecular complexity index is 768. The van der Waals surface area contributed by atoms with Crippen LogP contribution in [0.4, 0.5) is 0 Å². The number of rotatable bonds is 4. The summed E-state index contributed by atoms with van der Waals surface area (Å²) in [5, 5.41) is 0. The average molecular weight is 400 g/mol. The van der Waals surface area contributed by atoms with E-state index in [1.807, 2.05) is 16.0 Å². The van der Waals surface area contributed by atoms with Gasteiger partial charge < -0.3 is 9.80 Å². The Labute approximate surface area is 173 Å². The highest BCUT2D eigenvalue weighted by atomic mass is 16.2. The van der Waals surface area contributed by atoms with E-state index >= 15 is 0 Å². The molecule has 0 bridgehead atoms. The van der Waals surface area contributed by atoms with E-state index < -0.39 is 0 Å². The van der Waals surface area contributed by atoms with E-state index in [-0.39, 0.29) is 17.7 Å². The number of nitrogens with zero attached hydrogens (tertiary/aromatic N) is 5. The fourth-order valence-electron chi connectivity index (χ4n) is 5.00. The number of fused-ring (bicyclic) bond motifs is 1. The molecule has 0 aliphatic carbocycles. The van der Waals surface area contributed by atoms with Crippen LogP contribution in [-0.2, 0) is 22.6 Å². The van der Waals surface area contributed by atoms with Crippen molar-refractivity contribution in [1.29, 1.82) is 0 Å². The summed E-state index contributed by atoms with van der Waals surface area (Å²) >= 11 is 0. The van der Waals surface area contributed by atoms with Gasteiger partial charge in [0.15, 0.2) is 0 Å². The fraction of sp³-hybridized carbons (Fsp3) is 0.727. The minimum Gasteiger partial charge on any atom is -0.342 e. The Morgan fingerprint density at radius 2 is 2.00 bits per heavy atom. The molecule has 0 aromatic carbocycles. The van der Waals surface area contributed by atoms with Gasteiger partial charge in [0.25, 0.3) is 0 Å². The van der Waals surface area contributed by atoms with Crippen molar-refractivity contribution in [3.63, 3.8) is 0 Å². The van der Waals surface area contributed by atoms with E-state index in [0.717, 1.165) is 56.0 Å². The first kappa shape index (κ1) is 20.3. The third-order valence-electron chi connectivity index (χ3n) is 6.86. The number of carbonyl (C=O) groups excluding carboxylic acids is 2. The van der Waals surface area contributed by atoms with Crippen LogP contribution < -0.4 is 0 Å². The van der Waals surface area contributed by atoms with Crippen LogP contribution >= 0.6 is 0 Å². The molecule has 29 heavy (non-hydrogen) atoms. The van der Waals surface area contributed by atoms with Crippen molar-refractivity contribution in [3.8, 4) is 0 Å². The van der Waals surface area contributed by atoms with E-state index in [1.165, 1.54) is 19.3 Å². The Kier molecular flexibility index (Phi) is 6.13. The zero-order valence-electron chi connectivity index (χ0n) is 17.8. The highest BCUT2D eigenvalue weighted by Gasteiger charge is 2.30. The number of amides is 2. The van der Waals surface area contributed by atoms with Crippen LogP contribution in [0.15, 0.2) is 6.20 Å². The fourth-order valence-corrected chi connectivity index (χ4v) is 5.00. The zero-order chi connectivity index (χ0) is 20.4. The van der Waals surface area contributed by atoms with E-state index in [2.05, 4.69) is 16.8 Å². The van der Waals surface area contributed by atoms with Gasteiger partial charge in [-0.25, -0.2) is 9.97 Å². The minimum absolute atomic E-state index is 0.124. The molecular weight excluding hydrogens is 366 g/mol. The van der Waals surface area contributed by atoms with Crippen LogP contribution in [-0.4, -0.2) is 75.2 Å². The summed E-state index contributed by atoms with van der Waals surface area (Å²) in [6.07, 6.45) is 8.44. The van der Waals surface area contributed by atoms with Gasteiger partial charge in [-0.15, -0.1) is 0 Å². The molecule has 2 fully saturated rings. The third kappa shape index (κ3) is 4.44. The molecule has 7 nitrogen and oxygen atoms in total. The Balaban J connectivity index is 1.37. The third-order valence-corrected chi connectivity index (χ3v) is 6.86. The normalized spacial score (nSPS) is 25.2. The Morgan fingerprint density at radius 1 is 1.14 bits per heavy atom. The maximum absolute atomic E-state index is 12.9. The van der Waals surface area contributed by atoms with Gasteiger partial charge in [-0.05, 0) is 32.2 Å². The van der Waals surface area contributed by atoms with Crippen LogP contribution in [0.1, 0.15) is 69.0 Å². The first-order valence-corrected chi connectivity index (χ1v) is 11.2. The SMILES string of the molecule is CC[C@H]1CCCCN1CC(=O)N1CCc2nc([C@H]3CCN(C(C)=O)C3)ncc2C1. The van der Waals surface area contributed by atoms with Crippen LogP contribution in [0.25, 0.3) is 0 Å². The lowest BCUT2D eigenvalue weighted by Crippen LogP contribution is -2.47. The van der Waals surface area contributed by atoms with Crippen LogP contribution in [0.2, 0.25) is 0 Å². The van der Waals surface area contributed by atoms with Gasteiger partial charge in [0, 0.05) is 63.2 Å². The maximum Gasteiger partial charge on any atom is 0.237 e. The molecule has 4 rings (SSSR count). The molecule has 0 N–H and O–H groups in total. The molecule has 2 saturated heterocycles. The average Bonchev–Trinajstić information content (AvgIpc) is 3.24. The summed E-state index contributed by atoms with van der Waals surface area (Å²) in [6, 6.07) is 0.552. The Hall–Kier alpha value is -2.02. The number of hydrogen-bond acceptors (Lipinski definition) is 5. The molecule has 158 valence electrons. The summed E-state index contributed by atoms with van der Waals surface area (Å²) in [6.45, 7) is 8.27. The van der Waals surface area contributed by atoms with Crippen molar-refractivity contribution < 1.29 is 9.59 Å². The highest BCUT2D eigenvalue weighted by Crippen LogP contribution is 2.27. The van der Waals surface area contributed by atoms with Crippen LogP contribution in [0.5, 0.6) is 0 Å². The van der Waals surface area contributed by atoms with Crippen molar-refractivity contribution in [2.24, 2.45) is 0 Å². The van der Waals surface area contributed by atoms with Gasteiger partial charge in [-0.3, -0.25) is 14.5 Å². The number of piperidine rings is 1. The van der Waals surface area contributed by atoms with Crippen molar-refractivity contribution in [2.75, 3.05) is 32.7 Å². The number of carbonyl (C=O) groups is 2. The lowest BCUT2D eigenvalue weighted by atomic mass is 10.00. The monoisotopic (exact) mass is 399 g/mol. The molecule has 4 heterocycles. The van der Waals surface area contributed by atoms with Gasteiger partial charge in [-0.1, -0.05) is 13.3 Å². The molecule has 7 heteroatoms. The highest BCUT2D eigenvalue weighted by molar-refractivity contribution is 5.78. The van der Waals surface area contributed by atoms with Crippen LogP contribution in [0.3, 0.4) is 0 Å². The smallest absolute Gasteiger partial charge is 0.237 e. The second kappa shape index (κ2) is 8.78. The second-order valence-corrected chi connectivity index (χ2v) is 8.74. The summed E-state index contributed by atoms with van der Waals surface area (Å²) in [4.78, 5) is 40.2. The summed E-state index contributed by atoms with van der Waals surface area (Å²) in [7, 11) is 0. The largest absolute Gasteiger partial charge is 0.342 e. The van der Waals surface area contributed by atoms with E-state index in [1.54, 1.807) is 6.92 Å². The van der Waals surface area contributed by atoms with Gasteiger partial charge in [-0.2, -0.15) is 0 Å². The van der Waals surface area contributed by atoms with Gasteiger partial charge in [0.05, 0.1) is 12.2 Å². The predicted molar refractivity (Wildman–Crippen MR) is 110 cm³/mol. The van der Waals surface area contributed by atoms with Gasteiger partial charge >= 0.3 is 0 Å². The molecule has 2 atom stereocenters. The second-order valence-electron chi connectivity index (χ2n) is 8.74. The molecule has 0 radical (unpaired) electrons. The van der Waals surface area contributed by atoms with E-state index in [4.69, 9.17) is 4.98 Å². The molecule has 0 saturated carbocycles. The number of aromatic nitrogens is 2. The molecular formula is C22H33N5O2. The maximum atomic E-state index is 12.9. The topological polar surface area (TPSA) is 69.6 Å². The number of hydrogen-bond donors (Lipinski definition) is 0. The quantitative estimate of drug-likeness (QED) is 0.774. The van der Waals surface area contributed by atoms with Crippen LogP contribution in [0, 0.1) is 0 Å². The van der Waals surface area contributed by atoms with Gasteiger partial charge in [0.2, 0.25) is 11.8 Å². The summed E-state index contributed by atoms with van der Waals surface area (Å²) in [5.41, 5.74) is 2.14. The van der Waals surface area contributed by atoms with E-state index in [9.17, 15) is 9.59 Å². The first-order chi connectivity index (χ1) is 14.0. The van der Waals surface area contributed by atoms with Crippen molar-refractivity contribution >= 4 is 11.8 Å². The van der Waals surface area contributed by atoms with Crippen molar-refractivity contribution in [1.82, 2.24) is 24.7 Å². The molecule has 1 aromatic rings.